The van der Waals surface area contributed by atoms with E-state index < -0.39 is 12.1 Å². The van der Waals surface area contributed by atoms with Crippen LogP contribution < -0.4 is 4.74 Å². The van der Waals surface area contributed by atoms with Gasteiger partial charge in [0.25, 0.3) is 0 Å². The summed E-state index contributed by atoms with van der Waals surface area (Å²) < 4.78 is 21.6. The van der Waals surface area contributed by atoms with Crippen LogP contribution in [-0.4, -0.2) is 61.1 Å². The molecule has 25 heavy (non-hydrogen) atoms. The Morgan fingerprint density at radius 2 is 2.20 bits per heavy atom. The number of morpholine rings is 1. The maximum absolute atomic E-state index is 11.7. The molecule has 2 heterocycles. The van der Waals surface area contributed by atoms with Crippen LogP contribution >= 0.6 is 0 Å². The SMILES string of the molecule is CCOC(=O)c1cc2cc(OC[C@H]3CN(C(=O)O)CCO3)ccc2o1. The van der Waals surface area contributed by atoms with Gasteiger partial charge in [0, 0.05) is 11.9 Å². The fourth-order valence-electron chi connectivity index (χ4n) is 2.60. The molecule has 1 saturated heterocycles. The summed E-state index contributed by atoms with van der Waals surface area (Å²) in [4.78, 5) is 24.0. The topological polar surface area (TPSA) is 98.4 Å². The van der Waals surface area contributed by atoms with Gasteiger partial charge in [-0.2, -0.15) is 0 Å². The molecule has 1 aromatic heterocycles. The average Bonchev–Trinajstić information content (AvgIpc) is 3.04. The van der Waals surface area contributed by atoms with Crippen LogP contribution in [0, 0.1) is 0 Å². The summed E-state index contributed by atoms with van der Waals surface area (Å²) >= 11 is 0. The number of benzene rings is 1. The standard InChI is InChI=1S/C17H19NO7/c1-2-22-16(19)15-8-11-7-12(3-4-14(11)25-15)24-10-13-9-18(17(20)21)5-6-23-13/h3-4,7-8,13H,2,5-6,9-10H2,1H3,(H,20,21)/t13-/m1/s1. The van der Waals surface area contributed by atoms with Gasteiger partial charge in [-0.3, -0.25) is 0 Å². The molecule has 1 fully saturated rings. The van der Waals surface area contributed by atoms with Gasteiger partial charge < -0.3 is 28.6 Å². The summed E-state index contributed by atoms with van der Waals surface area (Å²) in [6, 6.07) is 6.78. The number of amides is 1. The quantitative estimate of drug-likeness (QED) is 0.827. The van der Waals surface area contributed by atoms with Crippen LogP contribution in [0.15, 0.2) is 28.7 Å². The van der Waals surface area contributed by atoms with E-state index in [1.807, 2.05) is 0 Å². The van der Waals surface area contributed by atoms with Crippen molar-refractivity contribution in [1.82, 2.24) is 4.90 Å². The summed E-state index contributed by atoms with van der Waals surface area (Å²) in [6.45, 7) is 3.23. The number of carbonyl (C=O) groups is 2. The highest BCUT2D eigenvalue weighted by molar-refractivity contribution is 5.92. The molecule has 2 aromatic rings. The van der Waals surface area contributed by atoms with Gasteiger partial charge in [0.2, 0.25) is 5.76 Å². The first-order chi connectivity index (χ1) is 12.1. The Kier molecular flexibility index (Phi) is 5.08. The lowest BCUT2D eigenvalue weighted by Gasteiger charge is -2.30. The monoisotopic (exact) mass is 349 g/mol. The van der Waals surface area contributed by atoms with Gasteiger partial charge in [-0.25, -0.2) is 9.59 Å². The van der Waals surface area contributed by atoms with Crippen LogP contribution in [0.3, 0.4) is 0 Å². The van der Waals surface area contributed by atoms with Crippen molar-refractivity contribution >= 4 is 23.0 Å². The largest absolute Gasteiger partial charge is 0.491 e. The van der Waals surface area contributed by atoms with Crippen LogP contribution in [0.25, 0.3) is 11.0 Å². The Labute approximate surface area is 143 Å². The van der Waals surface area contributed by atoms with E-state index in [-0.39, 0.29) is 31.6 Å². The minimum absolute atomic E-state index is 0.140. The molecule has 0 spiro atoms. The summed E-state index contributed by atoms with van der Waals surface area (Å²) in [7, 11) is 0. The zero-order chi connectivity index (χ0) is 17.8. The summed E-state index contributed by atoms with van der Waals surface area (Å²) in [5.74, 6) is 0.215. The second kappa shape index (κ2) is 7.43. The van der Waals surface area contributed by atoms with Crippen molar-refractivity contribution in [2.24, 2.45) is 0 Å². The normalized spacial score (nSPS) is 17.5. The van der Waals surface area contributed by atoms with E-state index in [4.69, 9.17) is 23.7 Å². The van der Waals surface area contributed by atoms with Crippen molar-refractivity contribution in [3.63, 3.8) is 0 Å². The molecule has 1 atom stereocenters. The van der Waals surface area contributed by atoms with Gasteiger partial charge in [-0.1, -0.05) is 0 Å². The molecule has 1 N–H and O–H groups in total. The third-order valence-corrected chi connectivity index (χ3v) is 3.81. The van der Waals surface area contributed by atoms with E-state index in [9.17, 15) is 9.59 Å². The Hall–Kier alpha value is -2.74. The molecule has 3 rings (SSSR count). The molecule has 0 unspecified atom stereocenters. The fourth-order valence-corrected chi connectivity index (χ4v) is 2.60. The summed E-state index contributed by atoms with van der Waals surface area (Å²) in [5, 5.41) is 9.75. The lowest BCUT2D eigenvalue weighted by molar-refractivity contribution is -0.0411. The molecule has 8 nitrogen and oxygen atoms in total. The lowest BCUT2D eigenvalue weighted by Crippen LogP contribution is -2.47. The Morgan fingerprint density at radius 3 is 2.96 bits per heavy atom. The second-order valence-electron chi connectivity index (χ2n) is 5.56. The predicted molar refractivity (Wildman–Crippen MR) is 87.0 cm³/mol. The summed E-state index contributed by atoms with van der Waals surface area (Å²) in [6.07, 6.45) is -1.28. The highest BCUT2D eigenvalue weighted by Gasteiger charge is 2.24. The zero-order valence-electron chi connectivity index (χ0n) is 13.8. The predicted octanol–water partition coefficient (Wildman–Crippen LogP) is 2.37. The molecule has 8 heteroatoms. The van der Waals surface area contributed by atoms with Crippen molar-refractivity contribution in [2.75, 3.05) is 32.9 Å². The van der Waals surface area contributed by atoms with Gasteiger partial charge in [0.1, 0.15) is 24.0 Å². The highest BCUT2D eigenvalue weighted by atomic mass is 16.5. The van der Waals surface area contributed by atoms with E-state index in [1.54, 1.807) is 31.2 Å². The first-order valence-corrected chi connectivity index (χ1v) is 8.00. The number of nitrogens with zero attached hydrogens (tertiary/aromatic N) is 1. The molecule has 0 aliphatic carbocycles. The minimum Gasteiger partial charge on any atom is -0.491 e. The molecule has 1 aliphatic heterocycles. The van der Waals surface area contributed by atoms with Crippen LogP contribution in [0.1, 0.15) is 17.5 Å². The van der Waals surface area contributed by atoms with Crippen LogP contribution in [-0.2, 0) is 9.47 Å². The van der Waals surface area contributed by atoms with Crippen LogP contribution in [0.5, 0.6) is 5.75 Å². The second-order valence-corrected chi connectivity index (χ2v) is 5.56. The molecule has 0 bridgehead atoms. The molecule has 0 radical (unpaired) electrons. The molecular formula is C17H19NO7. The van der Waals surface area contributed by atoms with E-state index in [1.165, 1.54) is 4.90 Å². The number of hydrogen-bond acceptors (Lipinski definition) is 6. The minimum atomic E-state index is -0.959. The number of carbonyl (C=O) groups excluding carboxylic acids is 1. The van der Waals surface area contributed by atoms with Gasteiger partial charge >= 0.3 is 12.1 Å². The fraction of sp³-hybridized carbons (Fsp3) is 0.412. The zero-order valence-corrected chi connectivity index (χ0v) is 13.8. The van der Waals surface area contributed by atoms with E-state index in [2.05, 4.69) is 0 Å². The number of hydrogen-bond donors (Lipinski definition) is 1. The number of ether oxygens (including phenoxy) is 3. The van der Waals surface area contributed by atoms with Crippen molar-refractivity contribution in [3.8, 4) is 5.75 Å². The summed E-state index contributed by atoms with van der Waals surface area (Å²) in [5.41, 5.74) is 0.557. The highest BCUT2D eigenvalue weighted by Crippen LogP contribution is 2.25. The number of rotatable bonds is 5. The smallest absolute Gasteiger partial charge is 0.407 e. The molecule has 1 amide bonds. The van der Waals surface area contributed by atoms with Gasteiger partial charge in [-0.15, -0.1) is 0 Å². The molecular weight excluding hydrogens is 330 g/mol. The van der Waals surface area contributed by atoms with Crippen molar-refractivity contribution in [1.29, 1.82) is 0 Å². The Balaban J connectivity index is 1.64. The van der Waals surface area contributed by atoms with Crippen molar-refractivity contribution in [3.05, 3.63) is 30.0 Å². The van der Waals surface area contributed by atoms with Gasteiger partial charge in [0.15, 0.2) is 0 Å². The maximum Gasteiger partial charge on any atom is 0.407 e. The van der Waals surface area contributed by atoms with Crippen molar-refractivity contribution < 1.29 is 33.3 Å². The van der Waals surface area contributed by atoms with Gasteiger partial charge in [-0.05, 0) is 31.2 Å². The molecule has 1 aliphatic rings. The third kappa shape index (κ3) is 4.03. The number of furan rings is 1. The maximum atomic E-state index is 11.7. The molecule has 0 saturated carbocycles. The Morgan fingerprint density at radius 1 is 1.36 bits per heavy atom. The Bertz CT molecular complexity index is 769. The third-order valence-electron chi connectivity index (χ3n) is 3.81. The number of esters is 1. The number of carboxylic acid groups (broad SMARTS) is 1. The number of fused-ring (bicyclic) bond motifs is 1. The van der Waals surface area contributed by atoms with Gasteiger partial charge in [0.05, 0.1) is 19.8 Å². The first kappa shape index (κ1) is 17.1. The molecule has 134 valence electrons. The van der Waals surface area contributed by atoms with E-state index in [0.717, 1.165) is 5.39 Å². The lowest BCUT2D eigenvalue weighted by atomic mass is 10.2. The average molecular weight is 349 g/mol. The van der Waals surface area contributed by atoms with Crippen LogP contribution in [0.4, 0.5) is 4.79 Å². The van der Waals surface area contributed by atoms with Crippen molar-refractivity contribution in [2.45, 2.75) is 13.0 Å². The first-order valence-electron chi connectivity index (χ1n) is 8.00. The van der Waals surface area contributed by atoms with E-state index in [0.29, 0.717) is 24.5 Å². The van der Waals surface area contributed by atoms with E-state index >= 15 is 0 Å². The van der Waals surface area contributed by atoms with Crippen LogP contribution in [0.2, 0.25) is 0 Å². The molecule has 1 aromatic carbocycles.